The minimum atomic E-state index is 0.0783. The Morgan fingerprint density at radius 1 is 1.22 bits per heavy atom. The first kappa shape index (κ1) is 14.0. The van der Waals surface area contributed by atoms with Crippen LogP contribution >= 0.6 is 31.9 Å². The van der Waals surface area contributed by atoms with Crippen molar-refractivity contribution >= 4 is 37.8 Å². The minimum absolute atomic E-state index is 0.0783. The molecule has 1 amide bonds. The SMILES string of the molecule is CCN1CCN(C(=O)c2cc(Br)nc(Br)c2)CC1. The fourth-order valence-corrected chi connectivity index (χ4v) is 3.15. The average Bonchev–Trinajstić information content (AvgIpc) is 2.37. The van der Waals surface area contributed by atoms with Crippen molar-refractivity contribution < 1.29 is 4.79 Å². The molecule has 1 aromatic heterocycles. The highest BCUT2D eigenvalue weighted by molar-refractivity contribution is 9.11. The molecule has 0 spiro atoms. The van der Waals surface area contributed by atoms with Crippen molar-refractivity contribution in [2.45, 2.75) is 6.92 Å². The first-order chi connectivity index (χ1) is 8.60. The molecule has 0 bridgehead atoms. The monoisotopic (exact) mass is 375 g/mol. The molecule has 0 unspecified atom stereocenters. The quantitative estimate of drug-likeness (QED) is 0.743. The zero-order valence-electron chi connectivity index (χ0n) is 10.2. The second-order valence-corrected chi connectivity index (χ2v) is 5.85. The molecular formula is C12H15Br2N3O. The van der Waals surface area contributed by atoms with E-state index in [1.165, 1.54) is 0 Å². The van der Waals surface area contributed by atoms with Crippen LogP contribution in [0.1, 0.15) is 17.3 Å². The van der Waals surface area contributed by atoms with Gasteiger partial charge in [-0.15, -0.1) is 0 Å². The van der Waals surface area contributed by atoms with Crippen molar-refractivity contribution in [3.8, 4) is 0 Å². The number of hydrogen-bond acceptors (Lipinski definition) is 3. The topological polar surface area (TPSA) is 36.4 Å². The second kappa shape index (κ2) is 6.12. The van der Waals surface area contributed by atoms with Crippen LogP contribution in [0.4, 0.5) is 0 Å². The number of carbonyl (C=O) groups is 1. The summed E-state index contributed by atoms with van der Waals surface area (Å²) in [5, 5.41) is 0. The molecule has 2 rings (SSSR count). The van der Waals surface area contributed by atoms with Gasteiger partial charge in [-0.05, 0) is 50.5 Å². The Hall–Kier alpha value is -0.460. The van der Waals surface area contributed by atoms with E-state index < -0.39 is 0 Å². The number of likely N-dealkylation sites (N-methyl/N-ethyl adjacent to an activating group) is 1. The van der Waals surface area contributed by atoms with Gasteiger partial charge >= 0.3 is 0 Å². The Bertz CT molecular complexity index is 425. The number of piperazine rings is 1. The molecule has 0 aliphatic carbocycles. The Balaban J connectivity index is 2.07. The zero-order chi connectivity index (χ0) is 13.1. The van der Waals surface area contributed by atoms with Crippen LogP contribution < -0.4 is 0 Å². The molecule has 1 aliphatic rings. The number of aromatic nitrogens is 1. The van der Waals surface area contributed by atoms with Gasteiger partial charge in [0.15, 0.2) is 0 Å². The van der Waals surface area contributed by atoms with Crippen LogP contribution in [-0.4, -0.2) is 53.4 Å². The average molecular weight is 377 g/mol. The smallest absolute Gasteiger partial charge is 0.254 e. The number of hydrogen-bond donors (Lipinski definition) is 0. The van der Waals surface area contributed by atoms with Gasteiger partial charge in [-0.2, -0.15) is 0 Å². The summed E-state index contributed by atoms with van der Waals surface area (Å²) in [7, 11) is 0. The summed E-state index contributed by atoms with van der Waals surface area (Å²) in [4.78, 5) is 20.7. The Morgan fingerprint density at radius 3 is 2.28 bits per heavy atom. The lowest BCUT2D eigenvalue weighted by Gasteiger charge is -2.34. The molecular weight excluding hydrogens is 362 g/mol. The fraction of sp³-hybridized carbons (Fsp3) is 0.500. The van der Waals surface area contributed by atoms with Crippen LogP contribution in [0.5, 0.6) is 0 Å². The zero-order valence-corrected chi connectivity index (χ0v) is 13.4. The first-order valence-electron chi connectivity index (χ1n) is 5.95. The molecule has 98 valence electrons. The summed E-state index contributed by atoms with van der Waals surface area (Å²) < 4.78 is 1.35. The predicted molar refractivity (Wildman–Crippen MR) is 77.7 cm³/mol. The molecule has 0 N–H and O–H groups in total. The summed E-state index contributed by atoms with van der Waals surface area (Å²) in [6.45, 7) is 6.70. The molecule has 0 radical (unpaired) electrons. The van der Waals surface area contributed by atoms with Crippen LogP contribution in [0.3, 0.4) is 0 Å². The third-order valence-electron chi connectivity index (χ3n) is 3.12. The molecule has 2 heterocycles. The lowest BCUT2D eigenvalue weighted by molar-refractivity contribution is 0.0643. The molecule has 0 aromatic carbocycles. The van der Waals surface area contributed by atoms with Gasteiger partial charge in [0.2, 0.25) is 0 Å². The maximum absolute atomic E-state index is 12.3. The van der Waals surface area contributed by atoms with Gasteiger partial charge in [0, 0.05) is 31.7 Å². The van der Waals surface area contributed by atoms with E-state index in [-0.39, 0.29) is 5.91 Å². The number of amides is 1. The Kier molecular flexibility index (Phi) is 4.75. The van der Waals surface area contributed by atoms with Gasteiger partial charge in [-0.1, -0.05) is 6.92 Å². The normalized spacial score (nSPS) is 16.9. The molecule has 0 atom stereocenters. The van der Waals surface area contributed by atoms with Crippen molar-refractivity contribution in [1.29, 1.82) is 0 Å². The van der Waals surface area contributed by atoms with Gasteiger partial charge in [-0.25, -0.2) is 4.98 Å². The Labute approximate surface area is 124 Å². The lowest BCUT2D eigenvalue weighted by atomic mass is 10.2. The van der Waals surface area contributed by atoms with E-state index in [9.17, 15) is 4.79 Å². The maximum Gasteiger partial charge on any atom is 0.254 e. The summed E-state index contributed by atoms with van der Waals surface area (Å²) in [6.07, 6.45) is 0. The third-order valence-corrected chi connectivity index (χ3v) is 3.93. The number of rotatable bonds is 2. The van der Waals surface area contributed by atoms with Crippen LogP contribution in [0, 0.1) is 0 Å². The Morgan fingerprint density at radius 2 is 1.78 bits per heavy atom. The maximum atomic E-state index is 12.3. The molecule has 1 aromatic rings. The third kappa shape index (κ3) is 3.30. The first-order valence-corrected chi connectivity index (χ1v) is 7.53. The van der Waals surface area contributed by atoms with Crippen molar-refractivity contribution in [3.63, 3.8) is 0 Å². The highest BCUT2D eigenvalue weighted by Crippen LogP contribution is 2.18. The molecule has 1 aliphatic heterocycles. The van der Waals surface area contributed by atoms with E-state index in [1.807, 2.05) is 4.90 Å². The van der Waals surface area contributed by atoms with Crippen molar-refractivity contribution in [3.05, 3.63) is 26.9 Å². The van der Waals surface area contributed by atoms with E-state index in [4.69, 9.17) is 0 Å². The van der Waals surface area contributed by atoms with Gasteiger partial charge in [-0.3, -0.25) is 4.79 Å². The predicted octanol–water partition coefficient (Wildman–Crippen LogP) is 2.38. The van der Waals surface area contributed by atoms with Crippen LogP contribution in [-0.2, 0) is 0 Å². The minimum Gasteiger partial charge on any atom is -0.336 e. The van der Waals surface area contributed by atoms with Gasteiger partial charge in [0.25, 0.3) is 5.91 Å². The molecule has 1 fully saturated rings. The summed E-state index contributed by atoms with van der Waals surface area (Å²) >= 11 is 6.61. The van der Waals surface area contributed by atoms with Gasteiger partial charge < -0.3 is 9.80 Å². The molecule has 1 saturated heterocycles. The largest absolute Gasteiger partial charge is 0.336 e. The number of halogens is 2. The molecule has 0 saturated carbocycles. The van der Waals surface area contributed by atoms with E-state index in [0.717, 1.165) is 32.7 Å². The number of nitrogens with zero attached hydrogens (tertiary/aromatic N) is 3. The van der Waals surface area contributed by atoms with E-state index in [2.05, 4.69) is 48.7 Å². The fourth-order valence-electron chi connectivity index (χ4n) is 2.04. The second-order valence-electron chi connectivity index (χ2n) is 4.23. The van der Waals surface area contributed by atoms with Gasteiger partial charge in [0.05, 0.1) is 0 Å². The van der Waals surface area contributed by atoms with Crippen molar-refractivity contribution in [1.82, 2.24) is 14.8 Å². The molecule has 18 heavy (non-hydrogen) atoms. The summed E-state index contributed by atoms with van der Waals surface area (Å²) in [5.74, 6) is 0.0783. The molecule has 4 nitrogen and oxygen atoms in total. The van der Waals surface area contributed by atoms with Crippen LogP contribution in [0.15, 0.2) is 21.3 Å². The van der Waals surface area contributed by atoms with Crippen LogP contribution in [0.25, 0.3) is 0 Å². The van der Waals surface area contributed by atoms with Crippen LogP contribution in [0.2, 0.25) is 0 Å². The van der Waals surface area contributed by atoms with E-state index in [1.54, 1.807) is 12.1 Å². The van der Waals surface area contributed by atoms with E-state index in [0.29, 0.717) is 14.8 Å². The van der Waals surface area contributed by atoms with Gasteiger partial charge in [0.1, 0.15) is 9.21 Å². The van der Waals surface area contributed by atoms with Crippen molar-refractivity contribution in [2.75, 3.05) is 32.7 Å². The number of carbonyl (C=O) groups excluding carboxylic acids is 1. The highest BCUT2D eigenvalue weighted by Gasteiger charge is 2.21. The van der Waals surface area contributed by atoms with Crippen molar-refractivity contribution in [2.24, 2.45) is 0 Å². The standard InChI is InChI=1S/C12H15Br2N3O/c1-2-16-3-5-17(6-4-16)12(18)9-7-10(13)15-11(14)8-9/h7-8H,2-6H2,1H3. The van der Waals surface area contributed by atoms with E-state index >= 15 is 0 Å². The number of pyridine rings is 1. The lowest BCUT2D eigenvalue weighted by Crippen LogP contribution is -2.48. The highest BCUT2D eigenvalue weighted by atomic mass is 79.9. The molecule has 6 heteroatoms. The summed E-state index contributed by atoms with van der Waals surface area (Å²) in [5.41, 5.74) is 0.675. The summed E-state index contributed by atoms with van der Waals surface area (Å²) in [6, 6.07) is 3.53.